The van der Waals surface area contributed by atoms with Crippen molar-refractivity contribution in [2.45, 2.75) is 66.0 Å². The van der Waals surface area contributed by atoms with E-state index in [0.29, 0.717) is 12.4 Å². The van der Waals surface area contributed by atoms with Gasteiger partial charge in [-0.2, -0.15) is 0 Å². The Balaban J connectivity index is 2.16. The SMILES string of the molecule is CCCCCN(CCCCC)Cn1c(O)c(-c2ccc(C)cc2)[nH]c1=O. The van der Waals surface area contributed by atoms with Crippen LogP contribution >= 0.6 is 0 Å². The van der Waals surface area contributed by atoms with Crippen LogP contribution < -0.4 is 5.69 Å². The summed E-state index contributed by atoms with van der Waals surface area (Å²) >= 11 is 0. The van der Waals surface area contributed by atoms with Crippen LogP contribution in [0, 0.1) is 6.92 Å². The molecule has 0 saturated heterocycles. The van der Waals surface area contributed by atoms with Crippen LogP contribution in [0.25, 0.3) is 11.3 Å². The Morgan fingerprint density at radius 3 is 2.12 bits per heavy atom. The van der Waals surface area contributed by atoms with E-state index in [4.69, 9.17) is 0 Å². The van der Waals surface area contributed by atoms with Crippen LogP contribution in [0.2, 0.25) is 0 Å². The summed E-state index contributed by atoms with van der Waals surface area (Å²) in [5.74, 6) is 0.0230. The minimum atomic E-state index is -0.256. The van der Waals surface area contributed by atoms with Crippen molar-refractivity contribution in [2.75, 3.05) is 13.1 Å². The Morgan fingerprint density at radius 2 is 1.58 bits per heavy atom. The molecule has 0 atom stereocenters. The minimum Gasteiger partial charge on any atom is -0.493 e. The molecule has 0 bridgehead atoms. The zero-order valence-corrected chi connectivity index (χ0v) is 16.4. The number of benzene rings is 1. The topological polar surface area (TPSA) is 61.3 Å². The lowest BCUT2D eigenvalue weighted by Gasteiger charge is -2.22. The first-order valence-electron chi connectivity index (χ1n) is 9.88. The summed E-state index contributed by atoms with van der Waals surface area (Å²) in [6.07, 6.45) is 6.96. The van der Waals surface area contributed by atoms with Crippen molar-refractivity contribution in [2.24, 2.45) is 0 Å². The third kappa shape index (κ3) is 5.49. The number of nitrogens with zero attached hydrogens (tertiary/aromatic N) is 2. The Kier molecular flexibility index (Phi) is 7.98. The van der Waals surface area contributed by atoms with Gasteiger partial charge in [0.15, 0.2) is 0 Å². The van der Waals surface area contributed by atoms with Crippen molar-refractivity contribution in [3.8, 4) is 17.1 Å². The van der Waals surface area contributed by atoms with E-state index in [-0.39, 0.29) is 11.6 Å². The molecule has 5 heteroatoms. The average molecular weight is 360 g/mol. The normalized spacial score (nSPS) is 11.4. The first-order valence-corrected chi connectivity index (χ1v) is 9.88. The average Bonchev–Trinajstić information content (AvgIpc) is 2.90. The number of unbranched alkanes of at least 4 members (excludes halogenated alkanes) is 4. The molecule has 1 aromatic heterocycles. The highest BCUT2D eigenvalue weighted by Gasteiger charge is 2.17. The Labute approximate surface area is 156 Å². The van der Waals surface area contributed by atoms with Crippen molar-refractivity contribution in [1.82, 2.24) is 14.5 Å². The molecule has 0 saturated carbocycles. The van der Waals surface area contributed by atoms with Gasteiger partial charge in [0.2, 0.25) is 5.88 Å². The maximum Gasteiger partial charge on any atom is 0.330 e. The van der Waals surface area contributed by atoms with E-state index in [9.17, 15) is 9.90 Å². The molecular weight excluding hydrogens is 326 g/mol. The number of nitrogens with one attached hydrogen (secondary N) is 1. The first-order chi connectivity index (χ1) is 12.6. The molecule has 0 spiro atoms. The smallest absolute Gasteiger partial charge is 0.330 e. The van der Waals surface area contributed by atoms with E-state index in [1.165, 1.54) is 30.3 Å². The number of aromatic nitrogens is 2. The third-order valence-corrected chi connectivity index (χ3v) is 4.79. The molecule has 0 unspecified atom stereocenters. The maximum absolute atomic E-state index is 12.4. The summed E-state index contributed by atoms with van der Waals surface area (Å²) < 4.78 is 1.45. The van der Waals surface area contributed by atoms with Gasteiger partial charge in [-0.05, 0) is 32.9 Å². The first kappa shape index (κ1) is 20.3. The number of H-pyrrole nitrogens is 1. The van der Waals surface area contributed by atoms with Gasteiger partial charge >= 0.3 is 5.69 Å². The van der Waals surface area contributed by atoms with E-state index in [0.717, 1.165) is 37.1 Å². The fraction of sp³-hybridized carbons (Fsp3) is 0.571. The van der Waals surface area contributed by atoms with Crippen LogP contribution in [0.15, 0.2) is 29.1 Å². The van der Waals surface area contributed by atoms with Crippen LogP contribution in [0.1, 0.15) is 57.9 Å². The standard InChI is InChI=1S/C21H33N3O2/c1-4-6-8-14-23(15-9-7-5-2)16-24-20(25)19(22-21(24)26)18-12-10-17(3)11-13-18/h10-13,25H,4-9,14-16H2,1-3H3,(H,22,26). The third-order valence-electron chi connectivity index (χ3n) is 4.79. The summed E-state index contributed by atoms with van der Waals surface area (Å²) in [4.78, 5) is 17.5. The van der Waals surface area contributed by atoms with E-state index in [1.807, 2.05) is 31.2 Å². The highest BCUT2D eigenvalue weighted by Crippen LogP contribution is 2.26. The Morgan fingerprint density at radius 1 is 1.00 bits per heavy atom. The Bertz CT molecular complexity index is 706. The molecule has 0 aliphatic heterocycles. The van der Waals surface area contributed by atoms with Gasteiger partial charge in [0.05, 0.1) is 6.67 Å². The summed E-state index contributed by atoms with van der Waals surface area (Å²) in [6.45, 7) is 8.74. The van der Waals surface area contributed by atoms with Crippen LogP contribution in [0.5, 0.6) is 5.88 Å². The van der Waals surface area contributed by atoms with Crippen molar-refractivity contribution < 1.29 is 5.11 Å². The van der Waals surface area contributed by atoms with Gasteiger partial charge in [0.1, 0.15) is 5.69 Å². The van der Waals surface area contributed by atoms with Crippen LogP contribution in [0.4, 0.5) is 0 Å². The molecule has 0 amide bonds. The molecule has 1 heterocycles. The second-order valence-corrected chi connectivity index (χ2v) is 7.10. The lowest BCUT2D eigenvalue weighted by molar-refractivity contribution is 0.197. The molecule has 2 N–H and O–H groups in total. The van der Waals surface area contributed by atoms with Crippen LogP contribution in [0.3, 0.4) is 0 Å². The van der Waals surface area contributed by atoms with Gasteiger partial charge in [0.25, 0.3) is 0 Å². The van der Waals surface area contributed by atoms with Gasteiger partial charge in [-0.3, -0.25) is 4.90 Å². The van der Waals surface area contributed by atoms with Gasteiger partial charge < -0.3 is 10.1 Å². The molecule has 2 rings (SSSR count). The van der Waals surface area contributed by atoms with E-state index in [2.05, 4.69) is 23.7 Å². The number of aromatic amines is 1. The predicted octanol–water partition coefficient (Wildman–Crippen LogP) is 4.50. The van der Waals surface area contributed by atoms with Gasteiger partial charge in [-0.15, -0.1) is 0 Å². The number of aryl methyl sites for hydroxylation is 1. The number of aromatic hydroxyl groups is 1. The molecule has 0 fully saturated rings. The van der Waals surface area contributed by atoms with Crippen molar-refractivity contribution in [1.29, 1.82) is 0 Å². The summed E-state index contributed by atoms with van der Waals surface area (Å²) in [5, 5.41) is 10.6. The molecular formula is C21H33N3O2. The zero-order chi connectivity index (χ0) is 18.9. The minimum absolute atomic E-state index is 0.0230. The summed E-state index contributed by atoms with van der Waals surface area (Å²) in [6, 6.07) is 7.80. The maximum atomic E-state index is 12.4. The highest BCUT2D eigenvalue weighted by molar-refractivity contribution is 5.64. The van der Waals surface area contributed by atoms with Gasteiger partial charge in [0, 0.05) is 5.56 Å². The molecule has 144 valence electrons. The van der Waals surface area contributed by atoms with Gasteiger partial charge in [-0.1, -0.05) is 69.4 Å². The van der Waals surface area contributed by atoms with Crippen molar-refractivity contribution in [3.63, 3.8) is 0 Å². The quantitative estimate of drug-likeness (QED) is 0.581. The monoisotopic (exact) mass is 359 g/mol. The van der Waals surface area contributed by atoms with E-state index in [1.54, 1.807) is 0 Å². The number of hydrogen-bond donors (Lipinski definition) is 2. The second kappa shape index (κ2) is 10.2. The molecule has 26 heavy (non-hydrogen) atoms. The van der Waals surface area contributed by atoms with Crippen molar-refractivity contribution in [3.05, 3.63) is 40.3 Å². The number of imidazole rings is 1. The molecule has 5 nitrogen and oxygen atoms in total. The lowest BCUT2D eigenvalue weighted by atomic mass is 10.1. The fourth-order valence-electron chi connectivity index (χ4n) is 3.14. The van der Waals surface area contributed by atoms with Crippen LogP contribution in [-0.4, -0.2) is 32.6 Å². The molecule has 2 aromatic rings. The lowest BCUT2D eigenvalue weighted by Crippen LogP contribution is -2.32. The molecule has 1 aromatic carbocycles. The zero-order valence-electron chi connectivity index (χ0n) is 16.4. The largest absolute Gasteiger partial charge is 0.493 e. The highest BCUT2D eigenvalue weighted by atomic mass is 16.3. The van der Waals surface area contributed by atoms with Gasteiger partial charge in [-0.25, -0.2) is 9.36 Å². The van der Waals surface area contributed by atoms with Crippen molar-refractivity contribution >= 4 is 0 Å². The van der Waals surface area contributed by atoms with Crippen LogP contribution in [-0.2, 0) is 6.67 Å². The molecule has 0 aliphatic carbocycles. The number of rotatable bonds is 11. The molecule has 0 aliphatic rings. The van der Waals surface area contributed by atoms with E-state index >= 15 is 0 Å². The Hall–Kier alpha value is -2.01. The summed E-state index contributed by atoms with van der Waals surface area (Å²) in [5.41, 5.74) is 2.21. The van der Waals surface area contributed by atoms with E-state index < -0.39 is 0 Å². The predicted molar refractivity (Wildman–Crippen MR) is 108 cm³/mol. The number of hydrogen-bond acceptors (Lipinski definition) is 3. The fourth-order valence-corrected chi connectivity index (χ4v) is 3.14. The summed E-state index contributed by atoms with van der Waals surface area (Å²) in [7, 11) is 0. The molecule has 0 radical (unpaired) electrons. The second-order valence-electron chi connectivity index (χ2n) is 7.10.